The molecule has 0 bridgehead atoms. The first-order valence-electron chi connectivity index (χ1n) is 14.3. The van der Waals surface area contributed by atoms with Crippen molar-refractivity contribution in [3.63, 3.8) is 0 Å². The SMILES string of the molecule is CCCCCCCC1COC(c2ccc(-c3ccc(OCCCCC[C@@H](C)CC)cc3)cc2)OC1. The molecule has 0 N–H and O–H groups in total. The Morgan fingerprint density at radius 2 is 1.40 bits per heavy atom. The van der Waals surface area contributed by atoms with Gasteiger partial charge < -0.3 is 14.2 Å². The fourth-order valence-electron chi connectivity index (χ4n) is 4.68. The van der Waals surface area contributed by atoms with Gasteiger partial charge in [-0.15, -0.1) is 0 Å². The van der Waals surface area contributed by atoms with E-state index >= 15 is 0 Å². The largest absolute Gasteiger partial charge is 0.494 e. The lowest BCUT2D eigenvalue weighted by Gasteiger charge is -2.29. The molecule has 3 rings (SSSR count). The van der Waals surface area contributed by atoms with Crippen LogP contribution in [-0.2, 0) is 9.47 Å². The van der Waals surface area contributed by atoms with E-state index in [0.717, 1.165) is 43.5 Å². The summed E-state index contributed by atoms with van der Waals surface area (Å²) in [6, 6.07) is 17.0. The number of benzene rings is 2. The zero-order chi connectivity index (χ0) is 24.7. The van der Waals surface area contributed by atoms with Gasteiger partial charge in [0.05, 0.1) is 19.8 Å². The summed E-state index contributed by atoms with van der Waals surface area (Å²) in [6.45, 7) is 9.29. The van der Waals surface area contributed by atoms with Crippen LogP contribution in [-0.4, -0.2) is 19.8 Å². The molecule has 1 fully saturated rings. The first kappa shape index (κ1) is 27.7. The third-order valence-corrected chi connectivity index (χ3v) is 7.36. The number of hydrogen-bond acceptors (Lipinski definition) is 3. The second-order valence-corrected chi connectivity index (χ2v) is 10.4. The van der Waals surface area contributed by atoms with Gasteiger partial charge in [-0.05, 0) is 42.0 Å². The summed E-state index contributed by atoms with van der Waals surface area (Å²) < 4.78 is 18.1. The topological polar surface area (TPSA) is 27.7 Å². The average molecular weight is 481 g/mol. The Balaban J connectivity index is 1.36. The summed E-state index contributed by atoms with van der Waals surface area (Å²) in [4.78, 5) is 0. The van der Waals surface area contributed by atoms with Gasteiger partial charge in [-0.2, -0.15) is 0 Å². The van der Waals surface area contributed by atoms with E-state index in [4.69, 9.17) is 14.2 Å². The van der Waals surface area contributed by atoms with Crippen molar-refractivity contribution in [1.29, 1.82) is 0 Å². The molecule has 0 amide bonds. The lowest BCUT2D eigenvalue weighted by molar-refractivity contribution is -0.206. The van der Waals surface area contributed by atoms with Gasteiger partial charge in [-0.3, -0.25) is 0 Å². The van der Waals surface area contributed by atoms with Gasteiger partial charge in [-0.25, -0.2) is 0 Å². The van der Waals surface area contributed by atoms with E-state index in [2.05, 4.69) is 69.3 Å². The molecule has 0 saturated carbocycles. The molecular weight excluding hydrogens is 432 g/mol. The van der Waals surface area contributed by atoms with Crippen LogP contribution in [0.15, 0.2) is 48.5 Å². The maximum Gasteiger partial charge on any atom is 0.183 e. The number of hydrogen-bond donors (Lipinski definition) is 0. The predicted molar refractivity (Wildman–Crippen MR) is 147 cm³/mol. The molecule has 0 aromatic heterocycles. The van der Waals surface area contributed by atoms with E-state index in [9.17, 15) is 0 Å². The Bertz CT molecular complexity index is 791. The first-order valence-corrected chi connectivity index (χ1v) is 14.3. The van der Waals surface area contributed by atoms with Crippen molar-refractivity contribution in [2.24, 2.45) is 11.8 Å². The van der Waals surface area contributed by atoms with Crippen molar-refractivity contribution in [2.75, 3.05) is 19.8 Å². The van der Waals surface area contributed by atoms with Crippen LogP contribution in [0.25, 0.3) is 11.1 Å². The van der Waals surface area contributed by atoms with Crippen LogP contribution in [0.2, 0.25) is 0 Å². The van der Waals surface area contributed by atoms with E-state index in [1.54, 1.807) is 0 Å². The molecule has 1 aliphatic rings. The second kappa shape index (κ2) is 16.0. The summed E-state index contributed by atoms with van der Waals surface area (Å²) in [5, 5.41) is 0. The number of unbranched alkanes of at least 4 members (excludes halogenated alkanes) is 6. The summed E-state index contributed by atoms with van der Waals surface area (Å²) >= 11 is 0. The third-order valence-electron chi connectivity index (χ3n) is 7.36. The minimum atomic E-state index is -0.235. The Hall–Kier alpha value is -1.84. The molecule has 3 nitrogen and oxygen atoms in total. The predicted octanol–water partition coefficient (Wildman–Crippen LogP) is 9.36. The normalized spacial score (nSPS) is 18.9. The molecule has 1 heterocycles. The van der Waals surface area contributed by atoms with Gasteiger partial charge in [0.15, 0.2) is 6.29 Å². The highest BCUT2D eigenvalue weighted by atomic mass is 16.7. The lowest BCUT2D eigenvalue weighted by atomic mass is 10.0. The molecule has 3 heteroatoms. The quantitative estimate of drug-likeness (QED) is 0.224. The first-order chi connectivity index (χ1) is 17.2. The van der Waals surface area contributed by atoms with Crippen LogP contribution in [0, 0.1) is 11.8 Å². The van der Waals surface area contributed by atoms with Crippen molar-refractivity contribution in [2.45, 2.75) is 97.7 Å². The maximum absolute atomic E-state index is 6.06. The number of rotatable bonds is 16. The molecule has 0 radical (unpaired) electrons. The van der Waals surface area contributed by atoms with Crippen LogP contribution in [0.1, 0.15) is 103 Å². The van der Waals surface area contributed by atoms with Crippen LogP contribution in [0.3, 0.4) is 0 Å². The van der Waals surface area contributed by atoms with Crippen LogP contribution in [0.4, 0.5) is 0 Å². The molecule has 1 atom stereocenters. The molecule has 0 spiro atoms. The summed E-state index contributed by atoms with van der Waals surface area (Å²) in [5.41, 5.74) is 3.50. The highest BCUT2D eigenvalue weighted by Crippen LogP contribution is 2.30. The molecule has 0 unspecified atom stereocenters. The maximum atomic E-state index is 6.06. The van der Waals surface area contributed by atoms with E-state index < -0.39 is 0 Å². The molecule has 194 valence electrons. The van der Waals surface area contributed by atoms with Crippen LogP contribution >= 0.6 is 0 Å². The van der Waals surface area contributed by atoms with Gasteiger partial charge in [-0.1, -0.05) is 115 Å². The second-order valence-electron chi connectivity index (χ2n) is 10.4. The van der Waals surface area contributed by atoms with E-state index in [1.807, 2.05) is 0 Å². The van der Waals surface area contributed by atoms with Gasteiger partial charge in [0.1, 0.15) is 5.75 Å². The van der Waals surface area contributed by atoms with Gasteiger partial charge in [0.25, 0.3) is 0 Å². The van der Waals surface area contributed by atoms with Crippen LogP contribution in [0.5, 0.6) is 5.75 Å². The van der Waals surface area contributed by atoms with Crippen molar-refractivity contribution in [1.82, 2.24) is 0 Å². The Morgan fingerprint density at radius 1 is 0.771 bits per heavy atom. The Labute approximate surface area is 214 Å². The Morgan fingerprint density at radius 3 is 2.06 bits per heavy atom. The summed E-state index contributed by atoms with van der Waals surface area (Å²) in [5.74, 6) is 2.34. The monoisotopic (exact) mass is 480 g/mol. The van der Waals surface area contributed by atoms with Crippen molar-refractivity contribution >= 4 is 0 Å². The molecule has 2 aromatic rings. The van der Waals surface area contributed by atoms with Crippen molar-refractivity contribution in [3.8, 4) is 16.9 Å². The fraction of sp³-hybridized carbons (Fsp3) is 0.625. The van der Waals surface area contributed by atoms with Crippen molar-refractivity contribution in [3.05, 3.63) is 54.1 Å². The minimum absolute atomic E-state index is 0.235. The molecule has 1 aliphatic heterocycles. The van der Waals surface area contributed by atoms with Crippen LogP contribution < -0.4 is 4.74 Å². The van der Waals surface area contributed by atoms with Crippen molar-refractivity contribution < 1.29 is 14.2 Å². The Kier molecular flexibility index (Phi) is 12.7. The zero-order valence-electron chi connectivity index (χ0n) is 22.5. The molecule has 2 aromatic carbocycles. The van der Waals surface area contributed by atoms with Gasteiger partial charge in [0.2, 0.25) is 0 Å². The standard InChI is InChI=1S/C32H48O3/c1-4-6-7-8-11-14-27-24-34-32(35-25-27)30-17-15-28(16-18-30)29-19-21-31(22-20-29)33-23-12-9-10-13-26(3)5-2/h15-22,26-27,32H,4-14,23-25H2,1-3H3/t26-,27?,32?/m0/s1. The third kappa shape index (κ3) is 9.97. The number of ether oxygens (including phenoxy) is 3. The molecule has 1 saturated heterocycles. The average Bonchev–Trinajstić information content (AvgIpc) is 2.91. The van der Waals surface area contributed by atoms with Gasteiger partial charge >= 0.3 is 0 Å². The van der Waals surface area contributed by atoms with E-state index in [0.29, 0.717) is 5.92 Å². The molecule has 35 heavy (non-hydrogen) atoms. The smallest absolute Gasteiger partial charge is 0.183 e. The van der Waals surface area contributed by atoms with Gasteiger partial charge in [0, 0.05) is 11.5 Å². The van der Waals surface area contributed by atoms with E-state index in [-0.39, 0.29) is 6.29 Å². The lowest BCUT2D eigenvalue weighted by Crippen LogP contribution is -2.27. The molecule has 0 aliphatic carbocycles. The zero-order valence-corrected chi connectivity index (χ0v) is 22.5. The highest BCUT2D eigenvalue weighted by Gasteiger charge is 2.23. The fourth-order valence-corrected chi connectivity index (χ4v) is 4.68. The summed E-state index contributed by atoms with van der Waals surface area (Å²) in [6.07, 6.45) is 13.9. The minimum Gasteiger partial charge on any atom is -0.494 e. The highest BCUT2D eigenvalue weighted by molar-refractivity contribution is 5.64. The summed E-state index contributed by atoms with van der Waals surface area (Å²) in [7, 11) is 0. The van der Waals surface area contributed by atoms with E-state index in [1.165, 1.54) is 75.3 Å². The molecular formula is C32H48O3.